The average Bonchev–Trinajstić information content (AvgIpc) is 2.87. The lowest BCUT2D eigenvalue weighted by Crippen LogP contribution is -2.26. The Balaban J connectivity index is 1.92. The van der Waals surface area contributed by atoms with Gasteiger partial charge in [0, 0.05) is 18.2 Å². The van der Waals surface area contributed by atoms with Crippen LogP contribution in [0, 0.1) is 0 Å². The van der Waals surface area contributed by atoms with Crippen LogP contribution < -0.4 is 10.6 Å². The Bertz CT molecular complexity index is 565. The number of nitrogens with zero attached hydrogens (tertiary/aromatic N) is 1. The van der Waals surface area contributed by atoms with E-state index in [4.69, 9.17) is 5.73 Å². The smallest absolute Gasteiger partial charge is 0.0514 e. The third-order valence-corrected chi connectivity index (χ3v) is 4.37. The maximum absolute atomic E-state index is 5.78. The summed E-state index contributed by atoms with van der Waals surface area (Å²) in [5.74, 6) is 0.572. The van der Waals surface area contributed by atoms with Gasteiger partial charge in [-0.1, -0.05) is 48.5 Å². The molecule has 2 aromatic carbocycles. The Kier molecular flexibility index (Phi) is 3.75. The first-order valence-electron chi connectivity index (χ1n) is 7.42. The molecule has 3 rings (SSSR count). The minimum Gasteiger partial charge on any atom is -0.364 e. The van der Waals surface area contributed by atoms with Crippen LogP contribution in [-0.4, -0.2) is 13.1 Å². The maximum atomic E-state index is 5.78. The largest absolute Gasteiger partial charge is 0.364 e. The molecule has 2 heteroatoms. The van der Waals surface area contributed by atoms with Crippen LogP contribution in [-0.2, 0) is 0 Å². The summed E-state index contributed by atoms with van der Waals surface area (Å²) in [5, 5.41) is 0. The summed E-state index contributed by atoms with van der Waals surface area (Å²) in [6, 6.07) is 19.9. The van der Waals surface area contributed by atoms with E-state index < -0.39 is 0 Å². The third kappa shape index (κ3) is 2.32. The molecule has 2 N–H and O–H groups in total. The molecule has 0 aromatic heterocycles. The predicted molar refractivity (Wildman–Crippen MR) is 85.1 cm³/mol. The number of fused-ring (bicyclic) bond motifs is 1. The van der Waals surface area contributed by atoms with Crippen molar-refractivity contribution in [3.8, 4) is 0 Å². The molecule has 0 saturated carbocycles. The molecule has 2 unspecified atom stereocenters. The van der Waals surface area contributed by atoms with E-state index in [9.17, 15) is 0 Å². The first-order valence-corrected chi connectivity index (χ1v) is 7.42. The molecule has 1 heterocycles. The number of rotatable bonds is 4. The molecule has 0 radical (unpaired) electrons. The highest BCUT2D eigenvalue weighted by Crippen LogP contribution is 2.41. The first-order chi connectivity index (χ1) is 9.81. The Labute approximate surface area is 121 Å². The van der Waals surface area contributed by atoms with Crippen molar-refractivity contribution in [3.05, 3.63) is 65.7 Å². The summed E-state index contributed by atoms with van der Waals surface area (Å²) in [7, 11) is 0. The van der Waals surface area contributed by atoms with Crippen molar-refractivity contribution in [2.24, 2.45) is 5.73 Å². The second kappa shape index (κ2) is 5.68. The number of hydrogen-bond donors (Lipinski definition) is 1. The fourth-order valence-electron chi connectivity index (χ4n) is 3.25. The van der Waals surface area contributed by atoms with E-state index in [2.05, 4.69) is 66.4 Å². The second-order valence-corrected chi connectivity index (χ2v) is 5.57. The van der Waals surface area contributed by atoms with Crippen molar-refractivity contribution < 1.29 is 0 Å². The van der Waals surface area contributed by atoms with Gasteiger partial charge < -0.3 is 10.6 Å². The van der Waals surface area contributed by atoms with Gasteiger partial charge in [-0.05, 0) is 37.1 Å². The molecule has 1 aliphatic heterocycles. The molecule has 20 heavy (non-hydrogen) atoms. The quantitative estimate of drug-likeness (QED) is 0.914. The van der Waals surface area contributed by atoms with Gasteiger partial charge in [-0.3, -0.25) is 0 Å². The van der Waals surface area contributed by atoms with Crippen LogP contribution in [0.5, 0.6) is 0 Å². The Morgan fingerprint density at radius 3 is 2.55 bits per heavy atom. The number of para-hydroxylation sites is 1. The SMILES string of the molecule is CC(c1ccccc1)N1CC(CCN)c2ccccc21. The fraction of sp³-hybridized carbons (Fsp3) is 0.333. The lowest BCUT2D eigenvalue weighted by Gasteiger charge is -2.28. The topological polar surface area (TPSA) is 29.3 Å². The molecule has 104 valence electrons. The highest BCUT2D eigenvalue weighted by Gasteiger charge is 2.30. The number of benzene rings is 2. The summed E-state index contributed by atoms with van der Waals surface area (Å²) in [6.07, 6.45) is 1.06. The fourth-order valence-corrected chi connectivity index (χ4v) is 3.25. The van der Waals surface area contributed by atoms with Crippen molar-refractivity contribution in [1.29, 1.82) is 0 Å². The Hall–Kier alpha value is -1.80. The van der Waals surface area contributed by atoms with Crippen LogP contribution in [0.1, 0.15) is 36.4 Å². The third-order valence-electron chi connectivity index (χ3n) is 4.37. The van der Waals surface area contributed by atoms with Crippen molar-refractivity contribution in [2.75, 3.05) is 18.0 Å². The maximum Gasteiger partial charge on any atom is 0.0514 e. The van der Waals surface area contributed by atoms with E-state index in [1.165, 1.54) is 16.8 Å². The molecule has 0 saturated heterocycles. The van der Waals surface area contributed by atoms with Gasteiger partial charge in [-0.15, -0.1) is 0 Å². The van der Waals surface area contributed by atoms with E-state index in [-0.39, 0.29) is 0 Å². The summed E-state index contributed by atoms with van der Waals surface area (Å²) in [6.45, 7) is 4.12. The van der Waals surface area contributed by atoms with Gasteiger partial charge in [-0.2, -0.15) is 0 Å². The lowest BCUT2D eigenvalue weighted by atomic mass is 9.98. The molecule has 2 aromatic rings. The zero-order chi connectivity index (χ0) is 13.9. The number of nitrogens with two attached hydrogens (primary N) is 1. The van der Waals surface area contributed by atoms with Crippen LogP contribution in [0.25, 0.3) is 0 Å². The molecular formula is C18H22N2. The summed E-state index contributed by atoms with van der Waals surface area (Å²) in [5.41, 5.74) is 9.99. The lowest BCUT2D eigenvalue weighted by molar-refractivity contribution is 0.606. The van der Waals surface area contributed by atoms with Gasteiger partial charge in [0.25, 0.3) is 0 Å². The number of anilines is 1. The van der Waals surface area contributed by atoms with Crippen molar-refractivity contribution in [2.45, 2.75) is 25.3 Å². The highest BCUT2D eigenvalue weighted by molar-refractivity contribution is 5.61. The van der Waals surface area contributed by atoms with Crippen LogP contribution in [0.3, 0.4) is 0 Å². The molecule has 1 aliphatic rings. The van der Waals surface area contributed by atoms with Crippen LogP contribution >= 0.6 is 0 Å². The standard InChI is InChI=1S/C18H22N2/c1-14(15-7-3-2-4-8-15)20-13-16(11-12-19)17-9-5-6-10-18(17)20/h2-10,14,16H,11-13,19H2,1H3. The molecule has 0 amide bonds. The van der Waals surface area contributed by atoms with Crippen LogP contribution in [0.2, 0.25) is 0 Å². The second-order valence-electron chi connectivity index (χ2n) is 5.57. The molecule has 2 atom stereocenters. The molecule has 0 spiro atoms. The van der Waals surface area contributed by atoms with E-state index >= 15 is 0 Å². The van der Waals surface area contributed by atoms with Gasteiger partial charge in [0.2, 0.25) is 0 Å². The van der Waals surface area contributed by atoms with Gasteiger partial charge in [0.1, 0.15) is 0 Å². The summed E-state index contributed by atoms with van der Waals surface area (Å²) < 4.78 is 0. The zero-order valence-corrected chi connectivity index (χ0v) is 12.0. The molecule has 2 nitrogen and oxygen atoms in total. The molecule has 0 aliphatic carbocycles. The zero-order valence-electron chi connectivity index (χ0n) is 12.0. The number of hydrogen-bond acceptors (Lipinski definition) is 2. The molecule has 0 fully saturated rings. The average molecular weight is 266 g/mol. The van der Waals surface area contributed by atoms with Gasteiger partial charge >= 0.3 is 0 Å². The summed E-state index contributed by atoms with van der Waals surface area (Å²) in [4.78, 5) is 2.52. The van der Waals surface area contributed by atoms with Crippen molar-refractivity contribution >= 4 is 5.69 Å². The Morgan fingerprint density at radius 1 is 1.10 bits per heavy atom. The highest BCUT2D eigenvalue weighted by atomic mass is 15.2. The monoisotopic (exact) mass is 266 g/mol. The van der Waals surface area contributed by atoms with Crippen LogP contribution in [0.4, 0.5) is 5.69 Å². The Morgan fingerprint density at radius 2 is 1.80 bits per heavy atom. The van der Waals surface area contributed by atoms with E-state index in [1.54, 1.807) is 0 Å². The van der Waals surface area contributed by atoms with E-state index in [0.717, 1.165) is 19.5 Å². The molecular weight excluding hydrogens is 244 g/mol. The van der Waals surface area contributed by atoms with Gasteiger partial charge in [0.15, 0.2) is 0 Å². The van der Waals surface area contributed by atoms with Gasteiger partial charge in [-0.25, -0.2) is 0 Å². The minimum atomic E-state index is 0.403. The predicted octanol–water partition coefficient (Wildman–Crippen LogP) is 3.70. The van der Waals surface area contributed by atoms with Gasteiger partial charge in [0.05, 0.1) is 6.04 Å². The van der Waals surface area contributed by atoms with E-state index in [0.29, 0.717) is 12.0 Å². The van der Waals surface area contributed by atoms with Crippen molar-refractivity contribution in [3.63, 3.8) is 0 Å². The first kappa shape index (κ1) is 13.2. The van der Waals surface area contributed by atoms with Crippen molar-refractivity contribution in [1.82, 2.24) is 0 Å². The summed E-state index contributed by atoms with van der Waals surface area (Å²) >= 11 is 0. The minimum absolute atomic E-state index is 0.403. The molecule has 0 bridgehead atoms. The normalized spacial score (nSPS) is 18.9. The van der Waals surface area contributed by atoms with E-state index in [1.807, 2.05) is 0 Å². The van der Waals surface area contributed by atoms with Crippen LogP contribution in [0.15, 0.2) is 54.6 Å².